The van der Waals surface area contributed by atoms with Crippen LogP contribution in [0, 0.1) is 0 Å². The van der Waals surface area contributed by atoms with Crippen LogP contribution in [-0.2, 0) is 4.74 Å². The van der Waals surface area contributed by atoms with Gasteiger partial charge >= 0.3 is 0 Å². The highest BCUT2D eigenvalue weighted by molar-refractivity contribution is 6.29. The number of halogens is 1. The molecule has 5 nitrogen and oxygen atoms in total. The van der Waals surface area contributed by atoms with E-state index in [1.807, 2.05) is 0 Å². The van der Waals surface area contributed by atoms with Gasteiger partial charge in [0.2, 0.25) is 0 Å². The second kappa shape index (κ2) is 6.03. The van der Waals surface area contributed by atoms with E-state index in [2.05, 4.69) is 15.3 Å². The number of anilines is 1. The normalized spacial score (nSPS) is 18.1. The SMILES string of the molecule is COCCC(C)(O)CNc1cc(Cl)nc(C2CC2)n1. The van der Waals surface area contributed by atoms with Crippen molar-refractivity contribution >= 4 is 17.4 Å². The Morgan fingerprint density at radius 3 is 2.89 bits per heavy atom. The molecule has 0 spiro atoms. The van der Waals surface area contributed by atoms with Crippen LogP contribution < -0.4 is 5.32 Å². The molecular weight excluding hydrogens is 266 g/mol. The number of nitrogens with zero attached hydrogens (tertiary/aromatic N) is 2. The van der Waals surface area contributed by atoms with Crippen LogP contribution in [0.1, 0.15) is 37.9 Å². The van der Waals surface area contributed by atoms with Crippen LogP contribution in [0.5, 0.6) is 0 Å². The Balaban J connectivity index is 1.95. The molecule has 1 aliphatic rings. The molecule has 1 aromatic heterocycles. The Labute approximate surface area is 118 Å². The van der Waals surface area contributed by atoms with Gasteiger partial charge in [0.25, 0.3) is 0 Å². The lowest BCUT2D eigenvalue weighted by atomic mass is 10.0. The molecule has 1 saturated carbocycles. The largest absolute Gasteiger partial charge is 0.388 e. The number of rotatable bonds is 7. The zero-order valence-corrected chi connectivity index (χ0v) is 12.1. The number of hydrogen-bond acceptors (Lipinski definition) is 5. The van der Waals surface area contributed by atoms with Gasteiger partial charge in [-0.25, -0.2) is 9.97 Å². The van der Waals surface area contributed by atoms with Gasteiger partial charge in [0.15, 0.2) is 0 Å². The quantitative estimate of drug-likeness (QED) is 0.752. The van der Waals surface area contributed by atoms with E-state index in [-0.39, 0.29) is 0 Å². The molecule has 1 fully saturated rings. The molecule has 0 aromatic carbocycles. The van der Waals surface area contributed by atoms with Crippen LogP contribution in [0.2, 0.25) is 5.15 Å². The fraction of sp³-hybridized carbons (Fsp3) is 0.692. The molecule has 1 heterocycles. The maximum atomic E-state index is 10.1. The van der Waals surface area contributed by atoms with Crippen LogP contribution in [0.3, 0.4) is 0 Å². The van der Waals surface area contributed by atoms with Gasteiger partial charge in [0.1, 0.15) is 16.8 Å². The maximum Gasteiger partial charge on any atom is 0.135 e. The van der Waals surface area contributed by atoms with E-state index in [1.54, 1.807) is 20.1 Å². The molecule has 6 heteroatoms. The van der Waals surface area contributed by atoms with Crippen molar-refractivity contribution in [2.75, 3.05) is 25.6 Å². The summed E-state index contributed by atoms with van der Waals surface area (Å²) in [5.74, 6) is 1.92. The summed E-state index contributed by atoms with van der Waals surface area (Å²) >= 11 is 5.98. The lowest BCUT2D eigenvalue weighted by Crippen LogP contribution is -2.34. The van der Waals surface area contributed by atoms with Gasteiger partial charge in [-0.2, -0.15) is 0 Å². The number of methoxy groups -OCH3 is 1. The molecular formula is C13H20ClN3O2. The molecule has 1 aliphatic carbocycles. The first-order valence-corrected chi connectivity index (χ1v) is 6.88. The number of aliphatic hydroxyl groups is 1. The van der Waals surface area contributed by atoms with Crippen molar-refractivity contribution in [3.05, 3.63) is 17.0 Å². The standard InChI is InChI=1S/C13H20ClN3O2/c1-13(18,5-6-19-2)8-15-11-7-10(14)16-12(17-11)9-3-4-9/h7,9,18H,3-6,8H2,1-2H3,(H,15,16,17). The number of ether oxygens (including phenoxy) is 1. The van der Waals surface area contributed by atoms with E-state index in [9.17, 15) is 5.11 Å². The minimum atomic E-state index is -0.840. The molecule has 1 unspecified atom stereocenters. The second-order valence-corrected chi connectivity index (χ2v) is 5.69. The van der Waals surface area contributed by atoms with Crippen molar-refractivity contribution in [2.24, 2.45) is 0 Å². The molecule has 19 heavy (non-hydrogen) atoms. The molecule has 2 rings (SSSR count). The Morgan fingerprint density at radius 2 is 2.26 bits per heavy atom. The zero-order chi connectivity index (χ0) is 13.9. The molecule has 0 saturated heterocycles. The van der Waals surface area contributed by atoms with Crippen molar-refractivity contribution in [1.29, 1.82) is 0 Å². The lowest BCUT2D eigenvalue weighted by molar-refractivity contribution is 0.0357. The topological polar surface area (TPSA) is 67.3 Å². The zero-order valence-electron chi connectivity index (χ0n) is 11.3. The van der Waals surface area contributed by atoms with Crippen LogP contribution in [0.4, 0.5) is 5.82 Å². The third kappa shape index (κ3) is 4.60. The van der Waals surface area contributed by atoms with Gasteiger partial charge in [-0.1, -0.05) is 11.6 Å². The van der Waals surface area contributed by atoms with Crippen molar-refractivity contribution in [2.45, 2.75) is 37.7 Å². The molecule has 2 N–H and O–H groups in total. The molecule has 0 radical (unpaired) electrons. The van der Waals surface area contributed by atoms with E-state index in [0.717, 1.165) is 18.7 Å². The average Bonchev–Trinajstić information content (AvgIpc) is 3.18. The van der Waals surface area contributed by atoms with E-state index < -0.39 is 5.60 Å². The summed E-state index contributed by atoms with van der Waals surface area (Å²) in [6, 6.07) is 1.68. The fourth-order valence-electron chi connectivity index (χ4n) is 1.74. The van der Waals surface area contributed by atoms with Gasteiger partial charge in [-0.15, -0.1) is 0 Å². The lowest BCUT2D eigenvalue weighted by Gasteiger charge is -2.23. The third-order valence-corrected chi connectivity index (χ3v) is 3.34. The number of hydrogen-bond donors (Lipinski definition) is 2. The predicted molar refractivity (Wildman–Crippen MR) is 74.6 cm³/mol. The molecule has 0 aliphatic heterocycles. The molecule has 1 atom stereocenters. The molecule has 1 aromatic rings. The summed E-state index contributed by atoms with van der Waals surface area (Å²) in [6.45, 7) is 2.68. The first-order valence-electron chi connectivity index (χ1n) is 6.50. The van der Waals surface area contributed by atoms with Crippen molar-refractivity contribution < 1.29 is 9.84 Å². The monoisotopic (exact) mass is 285 g/mol. The summed E-state index contributed by atoms with van der Waals surface area (Å²) in [4.78, 5) is 8.65. The summed E-state index contributed by atoms with van der Waals surface area (Å²) in [5, 5.41) is 13.7. The smallest absolute Gasteiger partial charge is 0.135 e. The maximum absolute atomic E-state index is 10.1. The Kier molecular flexibility index (Phi) is 4.60. The molecule has 0 amide bonds. The number of nitrogens with one attached hydrogen (secondary N) is 1. The van der Waals surface area contributed by atoms with Gasteiger partial charge in [-0.3, -0.25) is 0 Å². The van der Waals surface area contributed by atoms with E-state index in [1.165, 1.54) is 0 Å². The van der Waals surface area contributed by atoms with Gasteiger partial charge in [0.05, 0.1) is 5.60 Å². The minimum absolute atomic E-state index is 0.397. The van der Waals surface area contributed by atoms with E-state index >= 15 is 0 Å². The Morgan fingerprint density at radius 1 is 1.53 bits per heavy atom. The van der Waals surface area contributed by atoms with Gasteiger partial charge in [-0.05, 0) is 19.8 Å². The fourth-order valence-corrected chi connectivity index (χ4v) is 1.93. The van der Waals surface area contributed by atoms with E-state index in [0.29, 0.717) is 36.5 Å². The highest BCUT2D eigenvalue weighted by Gasteiger charge is 2.27. The summed E-state index contributed by atoms with van der Waals surface area (Å²) in [7, 11) is 1.62. The van der Waals surface area contributed by atoms with Gasteiger partial charge < -0.3 is 15.2 Å². The molecule has 106 valence electrons. The van der Waals surface area contributed by atoms with Crippen molar-refractivity contribution in [3.8, 4) is 0 Å². The first-order chi connectivity index (χ1) is 9.00. The summed E-state index contributed by atoms with van der Waals surface area (Å²) < 4.78 is 4.97. The van der Waals surface area contributed by atoms with Crippen molar-refractivity contribution in [1.82, 2.24) is 9.97 Å². The van der Waals surface area contributed by atoms with E-state index in [4.69, 9.17) is 16.3 Å². The van der Waals surface area contributed by atoms with Crippen LogP contribution >= 0.6 is 11.6 Å². The predicted octanol–water partition coefficient (Wildman–Crippen LogP) is 2.21. The van der Waals surface area contributed by atoms with Crippen LogP contribution in [-0.4, -0.2) is 40.9 Å². The van der Waals surface area contributed by atoms with Gasteiger partial charge in [0, 0.05) is 38.7 Å². The first kappa shape index (κ1) is 14.5. The average molecular weight is 286 g/mol. The molecule has 0 bridgehead atoms. The summed E-state index contributed by atoms with van der Waals surface area (Å²) in [5.41, 5.74) is -0.840. The highest BCUT2D eigenvalue weighted by atomic mass is 35.5. The second-order valence-electron chi connectivity index (χ2n) is 5.30. The van der Waals surface area contributed by atoms with Crippen LogP contribution in [0.15, 0.2) is 6.07 Å². The Hall–Kier alpha value is -0.910. The third-order valence-electron chi connectivity index (χ3n) is 3.15. The summed E-state index contributed by atoms with van der Waals surface area (Å²) in [6.07, 6.45) is 2.82. The van der Waals surface area contributed by atoms with Crippen LogP contribution in [0.25, 0.3) is 0 Å². The van der Waals surface area contributed by atoms with Crippen molar-refractivity contribution in [3.63, 3.8) is 0 Å². The highest BCUT2D eigenvalue weighted by Crippen LogP contribution is 2.38. The minimum Gasteiger partial charge on any atom is -0.388 e. The number of aromatic nitrogens is 2. The Bertz CT molecular complexity index is 436.